The lowest BCUT2D eigenvalue weighted by Crippen LogP contribution is -3.13. The van der Waals surface area contributed by atoms with Crippen LogP contribution >= 0.6 is 11.6 Å². The number of quaternary nitrogens is 1. The molecule has 2 fully saturated rings. The van der Waals surface area contributed by atoms with Crippen molar-refractivity contribution in [3.8, 4) is 0 Å². The van der Waals surface area contributed by atoms with E-state index in [1.165, 1.54) is 50.8 Å². The van der Waals surface area contributed by atoms with Crippen molar-refractivity contribution in [2.75, 3.05) is 19.6 Å². The number of rotatable bonds is 4. The average molecular weight is 344 g/mol. The zero-order chi connectivity index (χ0) is 14.7. The number of halogens is 2. The third kappa shape index (κ3) is 3.79. The molecule has 0 radical (unpaired) electrons. The molecule has 1 aliphatic heterocycles. The fourth-order valence-electron chi connectivity index (χ4n) is 4.07. The van der Waals surface area contributed by atoms with Crippen molar-refractivity contribution in [3.05, 3.63) is 34.9 Å². The largest absolute Gasteiger partial charge is 1.00 e. The zero-order valence-electron chi connectivity index (χ0n) is 13.2. The Kier molecular flexibility index (Phi) is 6.58. The van der Waals surface area contributed by atoms with Gasteiger partial charge in [-0.25, -0.2) is 0 Å². The summed E-state index contributed by atoms with van der Waals surface area (Å²) in [6.45, 7) is 3.35. The fourth-order valence-corrected chi connectivity index (χ4v) is 4.26. The molecule has 4 heteroatoms. The Morgan fingerprint density at radius 2 is 1.77 bits per heavy atom. The third-order valence-electron chi connectivity index (χ3n) is 5.58. The summed E-state index contributed by atoms with van der Waals surface area (Å²) in [5.74, 6) is 0. The molecule has 1 unspecified atom stereocenters. The van der Waals surface area contributed by atoms with Crippen LogP contribution in [0.5, 0.6) is 0 Å². The standard InChI is InChI=1S/C18H26ClNO.ClH/c19-16-8-5-7-15(13-16)18(9-6-10-18)17(21)14-20-11-3-1-2-4-12-20;/h5,7-8,13,17,21H,1-4,6,9-12,14H2;1H. The van der Waals surface area contributed by atoms with Crippen LogP contribution in [-0.4, -0.2) is 30.8 Å². The Balaban J connectivity index is 0.00000176. The molecular formula is C18H27Cl2NO. The summed E-state index contributed by atoms with van der Waals surface area (Å²) in [6, 6.07) is 8.14. The lowest BCUT2D eigenvalue weighted by molar-refractivity contribution is -0.903. The van der Waals surface area contributed by atoms with Crippen molar-refractivity contribution in [2.24, 2.45) is 0 Å². The predicted octanol–water partition coefficient (Wildman–Crippen LogP) is -0.414. The molecule has 0 aromatic heterocycles. The number of benzene rings is 1. The normalized spacial score (nSPS) is 23.0. The van der Waals surface area contributed by atoms with Crippen LogP contribution in [0.4, 0.5) is 0 Å². The number of hydrogen-bond donors (Lipinski definition) is 2. The molecular weight excluding hydrogens is 317 g/mol. The lowest BCUT2D eigenvalue weighted by atomic mass is 9.61. The van der Waals surface area contributed by atoms with Gasteiger partial charge in [0.15, 0.2) is 0 Å². The van der Waals surface area contributed by atoms with Crippen LogP contribution in [0.3, 0.4) is 0 Å². The Bertz CT molecular complexity index is 468. The van der Waals surface area contributed by atoms with E-state index in [-0.39, 0.29) is 23.9 Å². The molecule has 1 saturated carbocycles. The highest BCUT2D eigenvalue weighted by Gasteiger charge is 2.46. The smallest absolute Gasteiger partial charge is 0.112 e. The molecule has 1 aromatic carbocycles. The first-order valence-electron chi connectivity index (χ1n) is 8.48. The summed E-state index contributed by atoms with van der Waals surface area (Å²) in [5.41, 5.74) is 1.20. The lowest BCUT2D eigenvalue weighted by Gasteiger charge is -2.46. The van der Waals surface area contributed by atoms with Crippen LogP contribution in [0.15, 0.2) is 24.3 Å². The molecule has 0 amide bonds. The Morgan fingerprint density at radius 1 is 1.09 bits per heavy atom. The van der Waals surface area contributed by atoms with Crippen LogP contribution in [0.25, 0.3) is 0 Å². The maximum atomic E-state index is 10.9. The van der Waals surface area contributed by atoms with E-state index in [4.69, 9.17) is 11.6 Å². The zero-order valence-corrected chi connectivity index (χ0v) is 14.7. The van der Waals surface area contributed by atoms with Crippen LogP contribution in [-0.2, 0) is 5.41 Å². The van der Waals surface area contributed by atoms with E-state index in [0.717, 1.165) is 24.4 Å². The van der Waals surface area contributed by atoms with Crippen molar-refractivity contribution in [1.82, 2.24) is 0 Å². The molecule has 0 spiro atoms. The summed E-state index contributed by atoms with van der Waals surface area (Å²) in [5, 5.41) is 11.7. The van der Waals surface area contributed by atoms with Gasteiger partial charge >= 0.3 is 0 Å². The molecule has 0 bridgehead atoms. The Hall–Kier alpha value is -0.280. The first-order valence-corrected chi connectivity index (χ1v) is 8.86. The molecule has 2 N–H and O–H groups in total. The minimum Gasteiger partial charge on any atom is -1.00 e. The van der Waals surface area contributed by atoms with E-state index in [1.54, 1.807) is 4.90 Å². The van der Waals surface area contributed by atoms with E-state index >= 15 is 0 Å². The van der Waals surface area contributed by atoms with Gasteiger partial charge in [-0.3, -0.25) is 0 Å². The molecule has 2 aliphatic rings. The van der Waals surface area contributed by atoms with Crippen molar-refractivity contribution in [1.29, 1.82) is 0 Å². The number of nitrogens with one attached hydrogen (secondary N) is 1. The molecule has 1 saturated heterocycles. The second kappa shape index (κ2) is 8.01. The molecule has 1 aliphatic carbocycles. The second-order valence-corrected chi connectivity index (χ2v) is 7.34. The second-order valence-electron chi connectivity index (χ2n) is 6.90. The average Bonchev–Trinajstić information content (AvgIpc) is 2.66. The number of hydrogen-bond acceptors (Lipinski definition) is 1. The van der Waals surface area contributed by atoms with Gasteiger partial charge in [0.05, 0.1) is 13.1 Å². The van der Waals surface area contributed by atoms with Gasteiger partial charge in [-0.1, -0.05) is 30.2 Å². The highest BCUT2D eigenvalue weighted by atomic mass is 35.5. The fraction of sp³-hybridized carbons (Fsp3) is 0.667. The summed E-state index contributed by atoms with van der Waals surface area (Å²) in [6.07, 6.45) is 8.52. The van der Waals surface area contributed by atoms with Gasteiger partial charge in [0, 0.05) is 10.4 Å². The van der Waals surface area contributed by atoms with Gasteiger partial charge in [-0.2, -0.15) is 0 Å². The van der Waals surface area contributed by atoms with E-state index in [2.05, 4.69) is 12.1 Å². The number of likely N-dealkylation sites (tertiary alicyclic amines) is 1. The number of aliphatic hydroxyl groups excluding tert-OH is 1. The highest BCUT2D eigenvalue weighted by Crippen LogP contribution is 2.46. The number of aliphatic hydroxyl groups is 1. The van der Waals surface area contributed by atoms with Crippen molar-refractivity contribution in [2.45, 2.75) is 56.5 Å². The Morgan fingerprint density at radius 3 is 2.32 bits per heavy atom. The molecule has 2 nitrogen and oxygen atoms in total. The molecule has 1 heterocycles. The first-order chi connectivity index (χ1) is 10.2. The van der Waals surface area contributed by atoms with Crippen LogP contribution in [0, 0.1) is 0 Å². The van der Waals surface area contributed by atoms with E-state index < -0.39 is 0 Å². The summed E-state index contributed by atoms with van der Waals surface area (Å²) in [4.78, 5) is 1.59. The first kappa shape index (κ1) is 18.1. The van der Waals surface area contributed by atoms with Crippen LogP contribution < -0.4 is 17.3 Å². The van der Waals surface area contributed by atoms with E-state index in [9.17, 15) is 5.11 Å². The van der Waals surface area contributed by atoms with Gasteiger partial charge in [-0.05, 0) is 56.2 Å². The maximum Gasteiger partial charge on any atom is 0.112 e. The van der Waals surface area contributed by atoms with Gasteiger partial charge in [0.25, 0.3) is 0 Å². The van der Waals surface area contributed by atoms with Crippen LogP contribution in [0.1, 0.15) is 50.5 Å². The maximum absolute atomic E-state index is 10.9. The molecule has 3 rings (SSSR count). The molecule has 124 valence electrons. The van der Waals surface area contributed by atoms with Crippen LogP contribution in [0.2, 0.25) is 5.02 Å². The van der Waals surface area contributed by atoms with Crippen molar-refractivity contribution >= 4 is 11.6 Å². The van der Waals surface area contributed by atoms with Crippen molar-refractivity contribution in [3.63, 3.8) is 0 Å². The highest BCUT2D eigenvalue weighted by molar-refractivity contribution is 6.30. The molecule has 1 atom stereocenters. The minimum atomic E-state index is -0.238. The molecule has 1 aromatic rings. The topological polar surface area (TPSA) is 24.7 Å². The van der Waals surface area contributed by atoms with Gasteiger partial charge in [0.1, 0.15) is 12.6 Å². The summed E-state index contributed by atoms with van der Waals surface area (Å²) < 4.78 is 0. The van der Waals surface area contributed by atoms with E-state index in [1.807, 2.05) is 12.1 Å². The predicted molar refractivity (Wildman–Crippen MR) is 87.0 cm³/mol. The van der Waals surface area contributed by atoms with Gasteiger partial charge in [-0.15, -0.1) is 0 Å². The molecule has 22 heavy (non-hydrogen) atoms. The Labute approximate surface area is 145 Å². The monoisotopic (exact) mass is 343 g/mol. The van der Waals surface area contributed by atoms with Crippen molar-refractivity contribution < 1.29 is 22.4 Å². The van der Waals surface area contributed by atoms with Gasteiger partial charge in [0.2, 0.25) is 0 Å². The van der Waals surface area contributed by atoms with Gasteiger partial charge < -0.3 is 22.4 Å². The third-order valence-corrected chi connectivity index (χ3v) is 5.81. The minimum absolute atomic E-state index is 0. The quantitative estimate of drug-likeness (QED) is 0.763. The summed E-state index contributed by atoms with van der Waals surface area (Å²) in [7, 11) is 0. The summed E-state index contributed by atoms with van der Waals surface area (Å²) >= 11 is 6.16. The SMILES string of the molecule is OC(C[NH+]1CCCCCC1)C1(c2cccc(Cl)c2)CCC1.[Cl-]. The van der Waals surface area contributed by atoms with E-state index in [0.29, 0.717) is 0 Å².